The zero-order valence-electron chi connectivity index (χ0n) is 22.1. The molecule has 4 aromatic heterocycles. The van der Waals surface area contributed by atoms with Crippen LogP contribution in [-0.4, -0.2) is 19.9 Å². The van der Waals surface area contributed by atoms with Crippen molar-refractivity contribution >= 4 is 43.6 Å². The first kappa shape index (κ1) is 21.9. The van der Waals surface area contributed by atoms with E-state index in [1.165, 1.54) is 88.6 Å². The SMILES string of the molecule is c1ccc2c3[13c]([nH]c2c1)Cc1c2ccccc2[nH][13c]1Cc1c2ccccc2[nH][13c]1Cc1c2ccccc2[nH][13c]1C3. The van der Waals surface area contributed by atoms with Gasteiger partial charge in [-0.3, -0.25) is 0 Å². The molecule has 4 aromatic carbocycles. The summed E-state index contributed by atoms with van der Waals surface area (Å²) in [5, 5.41) is 5.25. The third-order valence-corrected chi connectivity index (χ3v) is 9.02. The molecule has 9 rings (SSSR count). The Labute approximate surface area is 231 Å². The molecule has 1 aliphatic rings. The van der Waals surface area contributed by atoms with Crippen molar-refractivity contribution in [2.75, 3.05) is 0 Å². The summed E-state index contributed by atoms with van der Waals surface area (Å²) in [5.74, 6) is 0. The van der Waals surface area contributed by atoms with E-state index in [4.69, 9.17) is 0 Å². The molecule has 40 heavy (non-hydrogen) atoms. The van der Waals surface area contributed by atoms with Gasteiger partial charge in [0.25, 0.3) is 0 Å². The molecule has 8 aromatic rings. The number of nitrogens with one attached hydrogen (secondary N) is 4. The topological polar surface area (TPSA) is 63.2 Å². The lowest BCUT2D eigenvalue weighted by Gasteiger charge is -2.13. The Hall–Kier alpha value is -4.96. The van der Waals surface area contributed by atoms with E-state index in [1.807, 2.05) is 0 Å². The number of fused-ring (bicyclic) bond motifs is 12. The molecule has 4 heterocycles. The van der Waals surface area contributed by atoms with E-state index in [0.717, 1.165) is 25.7 Å². The second-order valence-corrected chi connectivity index (χ2v) is 11.2. The predicted octanol–water partition coefficient (Wildman–Crippen LogP) is 8.29. The second-order valence-electron chi connectivity index (χ2n) is 11.2. The molecule has 0 saturated heterocycles. The molecule has 0 unspecified atom stereocenters. The molecule has 4 nitrogen and oxygen atoms in total. The highest BCUT2D eigenvalue weighted by atomic mass is 15.0. The van der Waals surface area contributed by atoms with Gasteiger partial charge in [0, 0.05) is 92.1 Å². The Morgan fingerprint density at radius 3 is 0.775 bits per heavy atom. The van der Waals surface area contributed by atoms with E-state index >= 15 is 0 Å². The van der Waals surface area contributed by atoms with Gasteiger partial charge in [0.15, 0.2) is 0 Å². The first-order valence-electron chi connectivity index (χ1n) is 14.1. The summed E-state index contributed by atoms with van der Waals surface area (Å²) in [4.78, 5) is 15.4. The number of aromatic nitrogens is 4. The fraction of sp³-hybridized carbons (Fsp3) is 0.111. The highest BCUT2D eigenvalue weighted by Crippen LogP contribution is 2.37. The Morgan fingerprint density at radius 2 is 0.525 bits per heavy atom. The maximum absolute atomic E-state index is 3.84. The van der Waals surface area contributed by atoms with Crippen molar-refractivity contribution in [2.45, 2.75) is 25.7 Å². The average Bonchev–Trinajstić information content (AvgIpc) is 3.71. The number of benzene rings is 4. The summed E-state index contributed by atoms with van der Waals surface area (Å²) < 4.78 is 0. The molecule has 0 spiro atoms. The minimum atomic E-state index is 0.858. The van der Waals surface area contributed by atoms with Crippen LogP contribution in [0.25, 0.3) is 43.6 Å². The van der Waals surface area contributed by atoms with Crippen molar-refractivity contribution in [1.82, 2.24) is 19.9 Å². The van der Waals surface area contributed by atoms with Gasteiger partial charge in [0.05, 0.1) is 0 Å². The molecule has 4 N–H and O–H groups in total. The lowest BCUT2D eigenvalue weighted by molar-refractivity contribution is 0.965. The summed E-state index contributed by atoms with van der Waals surface area (Å²) in [6, 6.07) is 35.1. The monoisotopic (exact) mass is 520 g/mol. The number of H-pyrrole nitrogens is 4. The molecule has 192 valence electrons. The van der Waals surface area contributed by atoms with E-state index in [0.29, 0.717) is 0 Å². The number of aromatic amines is 4. The van der Waals surface area contributed by atoms with Gasteiger partial charge in [-0.05, 0) is 46.5 Å². The number of para-hydroxylation sites is 4. The molecule has 1 aliphatic carbocycles. The van der Waals surface area contributed by atoms with Crippen LogP contribution in [0.5, 0.6) is 0 Å². The van der Waals surface area contributed by atoms with Crippen molar-refractivity contribution in [1.29, 1.82) is 0 Å². The Balaban J connectivity index is 1.37. The Kier molecular flexibility index (Phi) is 4.53. The first-order chi connectivity index (χ1) is 19.8. The highest BCUT2D eigenvalue weighted by molar-refractivity contribution is 5.91. The average molecular weight is 521 g/mol. The summed E-state index contributed by atoms with van der Waals surface area (Å²) >= 11 is 0. The zero-order chi connectivity index (χ0) is 26.2. The molecule has 0 fully saturated rings. The lowest BCUT2D eigenvalue weighted by Crippen LogP contribution is -2.04. The van der Waals surface area contributed by atoms with Gasteiger partial charge in [-0.25, -0.2) is 0 Å². The summed E-state index contributed by atoms with van der Waals surface area (Å²) in [6.07, 6.45) is 3.43. The number of rotatable bonds is 0. The molecule has 0 aliphatic heterocycles. The van der Waals surface area contributed by atoms with E-state index < -0.39 is 0 Å². The molecular formula is C36H28N4. The maximum Gasteiger partial charge on any atom is 0.0459 e. The fourth-order valence-electron chi connectivity index (χ4n) is 7.14. The van der Waals surface area contributed by atoms with E-state index in [9.17, 15) is 0 Å². The Morgan fingerprint density at radius 1 is 0.300 bits per heavy atom. The normalized spacial score (nSPS) is 13.6. The standard InChI is InChI=1S/C36H28N4/c1-5-13-29-21(9-1)25-17-34-27(23-11-3-6-14-30(23)38-34)19-36-28(24-12-4-8-16-32(24)40-36)20-35-26(18-33(25)37-29)22-10-2-7-15-31(22)39-35/h1-16,37-40H,17-20H2/i33+1,34+1,35+1,36+1. The second kappa shape index (κ2) is 8.27. The largest absolute Gasteiger partial charge is 0.358 e. The van der Waals surface area contributed by atoms with Crippen LogP contribution in [0.1, 0.15) is 45.0 Å². The highest BCUT2D eigenvalue weighted by Gasteiger charge is 2.24. The molecule has 4 heteroatoms. The van der Waals surface area contributed by atoms with Gasteiger partial charge in [-0.2, -0.15) is 0 Å². The molecule has 0 saturated carbocycles. The van der Waals surface area contributed by atoms with Crippen molar-refractivity contribution in [3.05, 3.63) is 142 Å². The van der Waals surface area contributed by atoms with Crippen molar-refractivity contribution in [3.8, 4) is 0 Å². The minimum absolute atomic E-state index is 0.858. The van der Waals surface area contributed by atoms with Crippen LogP contribution >= 0.6 is 0 Å². The predicted molar refractivity (Wildman–Crippen MR) is 164 cm³/mol. The van der Waals surface area contributed by atoms with Gasteiger partial charge < -0.3 is 19.9 Å². The Bertz CT molecular complexity index is 1910. The minimum Gasteiger partial charge on any atom is -0.358 e. The van der Waals surface area contributed by atoms with Crippen LogP contribution < -0.4 is 0 Å². The molecule has 0 radical (unpaired) electrons. The van der Waals surface area contributed by atoms with Gasteiger partial charge in [-0.1, -0.05) is 72.8 Å². The van der Waals surface area contributed by atoms with Gasteiger partial charge in [-0.15, -0.1) is 0 Å². The van der Waals surface area contributed by atoms with Crippen molar-refractivity contribution in [2.24, 2.45) is 0 Å². The molecule has 0 atom stereocenters. The van der Waals surface area contributed by atoms with E-state index in [-0.39, 0.29) is 0 Å². The van der Waals surface area contributed by atoms with Crippen LogP contribution in [0.15, 0.2) is 97.1 Å². The maximum atomic E-state index is 3.84. The summed E-state index contributed by atoms with van der Waals surface area (Å²) in [7, 11) is 0. The van der Waals surface area contributed by atoms with Crippen LogP contribution in [0.3, 0.4) is 0 Å². The van der Waals surface area contributed by atoms with E-state index in [2.05, 4.69) is 117 Å². The molecule has 0 amide bonds. The smallest absolute Gasteiger partial charge is 0.0459 e. The molecule has 0 bridgehead atoms. The number of hydrogen-bond acceptors (Lipinski definition) is 0. The van der Waals surface area contributed by atoms with Gasteiger partial charge >= 0.3 is 0 Å². The summed E-state index contributed by atoms with van der Waals surface area (Å²) in [6.45, 7) is 0. The number of hydrogen-bond donors (Lipinski definition) is 4. The zero-order valence-corrected chi connectivity index (χ0v) is 22.1. The summed E-state index contributed by atoms with van der Waals surface area (Å²) in [5.41, 5.74) is 15.6. The fourth-order valence-corrected chi connectivity index (χ4v) is 7.14. The third-order valence-electron chi connectivity index (χ3n) is 9.02. The van der Waals surface area contributed by atoms with Crippen LogP contribution in [0, 0.1) is 0 Å². The van der Waals surface area contributed by atoms with Crippen molar-refractivity contribution < 1.29 is 0 Å². The lowest BCUT2D eigenvalue weighted by atomic mass is 10.1. The van der Waals surface area contributed by atoms with Gasteiger partial charge in [0.1, 0.15) is 0 Å². The van der Waals surface area contributed by atoms with Crippen molar-refractivity contribution in [3.63, 3.8) is 0 Å². The first-order valence-corrected chi connectivity index (χ1v) is 14.1. The van der Waals surface area contributed by atoms with Crippen LogP contribution in [0.2, 0.25) is 0 Å². The van der Waals surface area contributed by atoms with Crippen LogP contribution in [0.4, 0.5) is 0 Å². The quantitative estimate of drug-likeness (QED) is 0.155. The van der Waals surface area contributed by atoms with Gasteiger partial charge in [0.2, 0.25) is 0 Å². The molecular weight excluding hydrogens is 492 g/mol. The van der Waals surface area contributed by atoms with Crippen LogP contribution in [-0.2, 0) is 25.7 Å². The van der Waals surface area contributed by atoms with E-state index in [1.54, 1.807) is 0 Å². The third kappa shape index (κ3) is 3.19.